The van der Waals surface area contributed by atoms with Gasteiger partial charge in [0, 0.05) is 12.6 Å². The summed E-state index contributed by atoms with van der Waals surface area (Å²) >= 11 is 0. The average molecular weight is 281 g/mol. The van der Waals surface area contributed by atoms with Crippen molar-refractivity contribution in [2.24, 2.45) is 0 Å². The van der Waals surface area contributed by atoms with Crippen molar-refractivity contribution in [3.05, 3.63) is 24.0 Å². The van der Waals surface area contributed by atoms with Crippen molar-refractivity contribution in [1.29, 1.82) is 0 Å². The first-order chi connectivity index (χ1) is 9.66. The van der Waals surface area contributed by atoms with Gasteiger partial charge in [0.15, 0.2) is 11.6 Å². The molecule has 1 fully saturated rings. The fraction of sp³-hybridized carbons (Fsp3) is 0.571. The highest BCUT2D eigenvalue weighted by atomic mass is 19.1. The zero-order valence-corrected chi connectivity index (χ0v) is 11.5. The van der Waals surface area contributed by atoms with Crippen molar-refractivity contribution in [3.8, 4) is 5.75 Å². The van der Waals surface area contributed by atoms with Gasteiger partial charge in [0.2, 0.25) is 0 Å². The number of benzene rings is 1. The van der Waals surface area contributed by atoms with Crippen LogP contribution in [0.5, 0.6) is 5.75 Å². The highest BCUT2D eigenvalue weighted by molar-refractivity contribution is 6.58. The van der Waals surface area contributed by atoms with E-state index in [1.165, 1.54) is 44.2 Å². The Labute approximate surface area is 119 Å². The van der Waals surface area contributed by atoms with Gasteiger partial charge in [-0.15, -0.1) is 0 Å². The van der Waals surface area contributed by atoms with E-state index < -0.39 is 12.9 Å². The number of halogens is 1. The minimum atomic E-state index is -1.66. The molecule has 1 aliphatic rings. The molecule has 0 amide bonds. The zero-order chi connectivity index (χ0) is 14.4. The van der Waals surface area contributed by atoms with Crippen LogP contribution in [0, 0.1) is 5.82 Å². The second kappa shape index (κ2) is 7.62. The van der Waals surface area contributed by atoms with Gasteiger partial charge in [-0.05, 0) is 30.4 Å². The first-order valence-corrected chi connectivity index (χ1v) is 7.18. The third kappa shape index (κ3) is 4.47. The normalized spacial score (nSPS) is 16.1. The summed E-state index contributed by atoms with van der Waals surface area (Å²) < 4.78 is 19.0. The van der Waals surface area contributed by atoms with E-state index >= 15 is 0 Å². The molecule has 6 heteroatoms. The molecular formula is C14H21BFNO3. The maximum Gasteiger partial charge on any atom is 0.488 e. The van der Waals surface area contributed by atoms with Crippen LogP contribution in [0.1, 0.15) is 32.1 Å². The van der Waals surface area contributed by atoms with Crippen LogP contribution in [0.25, 0.3) is 0 Å². The van der Waals surface area contributed by atoms with Gasteiger partial charge in [-0.2, -0.15) is 0 Å². The van der Waals surface area contributed by atoms with E-state index in [0.717, 1.165) is 6.07 Å². The molecule has 2 rings (SSSR count). The predicted octanol–water partition coefficient (Wildman–Crippen LogP) is 0.807. The van der Waals surface area contributed by atoms with E-state index in [-0.39, 0.29) is 11.2 Å². The molecule has 110 valence electrons. The van der Waals surface area contributed by atoms with Crippen molar-refractivity contribution >= 4 is 12.6 Å². The molecule has 0 spiro atoms. The zero-order valence-electron chi connectivity index (χ0n) is 11.5. The molecule has 0 unspecified atom stereocenters. The van der Waals surface area contributed by atoms with E-state index in [2.05, 4.69) is 5.32 Å². The van der Waals surface area contributed by atoms with Crippen molar-refractivity contribution in [2.75, 3.05) is 13.2 Å². The summed E-state index contributed by atoms with van der Waals surface area (Å²) in [6.07, 6.45) is 6.29. The lowest BCUT2D eigenvalue weighted by molar-refractivity contribution is 0.279. The predicted molar refractivity (Wildman–Crippen MR) is 76.6 cm³/mol. The highest BCUT2D eigenvalue weighted by Crippen LogP contribution is 2.17. The van der Waals surface area contributed by atoms with Gasteiger partial charge in [0.25, 0.3) is 0 Å². The Morgan fingerprint density at radius 1 is 1.25 bits per heavy atom. The first-order valence-electron chi connectivity index (χ1n) is 7.18. The first kappa shape index (κ1) is 15.3. The molecule has 0 saturated heterocycles. The lowest BCUT2D eigenvalue weighted by atomic mass is 9.80. The molecule has 0 aliphatic heterocycles. The number of rotatable bonds is 6. The number of hydrogen-bond donors (Lipinski definition) is 3. The van der Waals surface area contributed by atoms with E-state index in [1.54, 1.807) is 0 Å². The van der Waals surface area contributed by atoms with Gasteiger partial charge in [-0.3, -0.25) is 0 Å². The summed E-state index contributed by atoms with van der Waals surface area (Å²) in [6, 6.07) is 4.50. The maximum absolute atomic E-state index is 13.6. The summed E-state index contributed by atoms with van der Waals surface area (Å²) in [5.74, 6) is -0.437. The Hall–Kier alpha value is -1.11. The minimum absolute atomic E-state index is 0.121. The lowest BCUT2D eigenvalue weighted by Gasteiger charge is -2.22. The third-order valence-electron chi connectivity index (χ3n) is 3.65. The summed E-state index contributed by atoms with van der Waals surface area (Å²) in [5, 5.41) is 21.3. The van der Waals surface area contributed by atoms with Gasteiger partial charge in [-0.25, -0.2) is 4.39 Å². The number of ether oxygens (including phenoxy) is 1. The van der Waals surface area contributed by atoms with E-state index in [4.69, 9.17) is 14.8 Å². The van der Waals surface area contributed by atoms with Crippen LogP contribution in [0.3, 0.4) is 0 Å². The van der Waals surface area contributed by atoms with Crippen molar-refractivity contribution in [2.45, 2.75) is 38.1 Å². The van der Waals surface area contributed by atoms with Crippen LogP contribution in [0.2, 0.25) is 0 Å². The summed E-state index contributed by atoms with van der Waals surface area (Å²) in [5.41, 5.74) is 0.121. The number of hydrogen-bond acceptors (Lipinski definition) is 4. The quantitative estimate of drug-likeness (QED) is 0.533. The summed E-state index contributed by atoms with van der Waals surface area (Å²) in [6.45, 7) is 1.09. The number of nitrogens with one attached hydrogen (secondary N) is 1. The molecule has 1 saturated carbocycles. The minimum Gasteiger partial charge on any atom is -0.489 e. The van der Waals surface area contributed by atoms with Gasteiger partial charge >= 0.3 is 7.12 Å². The van der Waals surface area contributed by atoms with Crippen LogP contribution in [-0.2, 0) is 0 Å². The molecule has 20 heavy (non-hydrogen) atoms. The third-order valence-corrected chi connectivity index (χ3v) is 3.65. The molecule has 3 N–H and O–H groups in total. The van der Waals surface area contributed by atoms with Crippen LogP contribution >= 0.6 is 0 Å². The molecular weight excluding hydrogens is 260 g/mol. The molecule has 0 aromatic heterocycles. The molecule has 1 aromatic rings. The highest BCUT2D eigenvalue weighted by Gasteiger charge is 2.14. The van der Waals surface area contributed by atoms with E-state index in [9.17, 15) is 4.39 Å². The largest absolute Gasteiger partial charge is 0.489 e. The van der Waals surface area contributed by atoms with Crippen molar-refractivity contribution in [3.63, 3.8) is 0 Å². The maximum atomic E-state index is 13.6. The fourth-order valence-corrected chi connectivity index (χ4v) is 2.53. The Morgan fingerprint density at radius 2 is 2.00 bits per heavy atom. The van der Waals surface area contributed by atoms with Crippen LogP contribution in [0.15, 0.2) is 18.2 Å². The average Bonchev–Trinajstić information content (AvgIpc) is 2.46. The van der Waals surface area contributed by atoms with Crippen molar-refractivity contribution in [1.82, 2.24) is 5.32 Å². The summed E-state index contributed by atoms with van der Waals surface area (Å²) in [7, 11) is -1.66. The molecule has 1 aromatic carbocycles. The standard InChI is InChI=1S/C14H21BFNO3/c16-13-10-11(15(18)19)6-7-14(13)20-9-8-17-12-4-2-1-3-5-12/h6-7,10,12,17-19H,1-5,8-9H2. The van der Waals surface area contributed by atoms with Gasteiger partial charge in [0.05, 0.1) is 0 Å². The SMILES string of the molecule is OB(O)c1ccc(OCCNC2CCCCC2)c(F)c1. The topological polar surface area (TPSA) is 61.7 Å². The molecule has 0 atom stereocenters. The molecule has 0 radical (unpaired) electrons. The van der Waals surface area contributed by atoms with E-state index in [1.807, 2.05) is 0 Å². The van der Waals surface area contributed by atoms with Gasteiger partial charge < -0.3 is 20.1 Å². The van der Waals surface area contributed by atoms with E-state index in [0.29, 0.717) is 19.2 Å². The molecule has 0 bridgehead atoms. The Morgan fingerprint density at radius 3 is 2.65 bits per heavy atom. The van der Waals surface area contributed by atoms with Gasteiger partial charge in [-0.1, -0.05) is 25.3 Å². The fourth-order valence-electron chi connectivity index (χ4n) is 2.53. The smallest absolute Gasteiger partial charge is 0.488 e. The Bertz CT molecular complexity index is 425. The monoisotopic (exact) mass is 281 g/mol. The van der Waals surface area contributed by atoms with Crippen LogP contribution < -0.4 is 15.5 Å². The van der Waals surface area contributed by atoms with Crippen molar-refractivity contribution < 1.29 is 19.2 Å². The Balaban J connectivity index is 1.73. The Kier molecular flexibility index (Phi) is 5.82. The van der Waals surface area contributed by atoms with Crippen LogP contribution in [-0.4, -0.2) is 36.4 Å². The second-order valence-electron chi connectivity index (χ2n) is 5.20. The molecule has 1 aliphatic carbocycles. The summed E-state index contributed by atoms with van der Waals surface area (Å²) in [4.78, 5) is 0. The second-order valence-corrected chi connectivity index (χ2v) is 5.20. The van der Waals surface area contributed by atoms with Gasteiger partial charge in [0.1, 0.15) is 6.61 Å². The molecule has 4 nitrogen and oxygen atoms in total. The van der Waals surface area contributed by atoms with Crippen LogP contribution in [0.4, 0.5) is 4.39 Å². The molecule has 0 heterocycles. The lowest BCUT2D eigenvalue weighted by Crippen LogP contribution is -2.34.